The fourth-order valence-electron chi connectivity index (χ4n) is 1.60. The molecule has 0 bridgehead atoms. The highest BCUT2D eigenvalue weighted by atomic mass is 16.2. The SMILES string of the molecule is C=C1C(=O)N(c2c[nH]c(=O)[nH]c2=O)C(=O)/C1=N/C=N\C. The average molecular weight is 275 g/mol. The van der Waals surface area contributed by atoms with E-state index in [0.29, 0.717) is 4.90 Å². The van der Waals surface area contributed by atoms with E-state index in [0.717, 1.165) is 12.5 Å². The molecule has 1 aromatic heterocycles. The van der Waals surface area contributed by atoms with Gasteiger partial charge in [-0.2, -0.15) is 0 Å². The Bertz CT molecular complexity index is 782. The van der Waals surface area contributed by atoms with Gasteiger partial charge in [-0.1, -0.05) is 6.58 Å². The second-order valence-electron chi connectivity index (χ2n) is 3.73. The Morgan fingerprint density at radius 3 is 2.55 bits per heavy atom. The van der Waals surface area contributed by atoms with Crippen LogP contribution >= 0.6 is 0 Å². The number of aliphatic imine (C=N–C) groups is 2. The van der Waals surface area contributed by atoms with Crippen LogP contribution in [-0.2, 0) is 9.59 Å². The molecule has 9 nitrogen and oxygen atoms in total. The van der Waals surface area contributed by atoms with Crippen molar-refractivity contribution in [3.8, 4) is 0 Å². The van der Waals surface area contributed by atoms with Gasteiger partial charge in [-0.25, -0.2) is 14.7 Å². The Morgan fingerprint density at radius 2 is 1.95 bits per heavy atom. The van der Waals surface area contributed by atoms with Crippen molar-refractivity contribution >= 4 is 29.6 Å². The summed E-state index contributed by atoms with van der Waals surface area (Å²) in [6.07, 6.45) is 2.06. The molecule has 20 heavy (non-hydrogen) atoms. The van der Waals surface area contributed by atoms with Crippen LogP contribution in [0.3, 0.4) is 0 Å². The molecule has 0 spiro atoms. The van der Waals surface area contributed by atoms with Crippen molar-refractivity contribution in [2.24, 2.45) is 9.98 Å². The van der Waals surface area contributed by atoms with E-state index < -0.39 is 23.1 Å². The van der Waals surface area contributed by atoms with Crippen LogP contribution < -0.4 is 16.1 Å². The molecule has 0 aromatic carbocycles. The number of amides is 2. The van der Waals surface area contributed by atoms with Gasteiger partial charge >= 0.3 is 5.69 Å². The summed E-state index contributed by atoms with van der Waals surface area (Å²) in [4.78, 5) is 58.6. The Morgan fingerprint density at radius 1 is 1.25 bits per heavy atom. The molecule has 0 unspecified atom stereocenters. The van der Waals surface area contributed by atoms with Crippen LogP contribution in [0.25, 0.3) is 0 Å². The van der Waals surface area contributed by atoms with Gasteiger partial charge in [-0.05, 0) is 0 Å². The molecule has 0 radical (unpaired) electrons. The lowest BCUT2D eigenvalue weighted by Gasteiger charge is -2.10. The highest BCUT2D eigenvalue weighted by Gasteiger charge is 2.41. The molecule has 0 atom stereocenters. The maximum Gasteiger partial charge on any atom is 0.325 e. The predicted molar refractivity (Wildman–Crippen MR) is 71.2 cm³/mol. The van der Waals surface area contributed by atoms with E-state index in [1.807, 2.05) is 4.98 Å². The topological polar surface area (TPSA) is 128 Å². The zero-order valence-corrected chi connectivity index (χ0v) is 10.3. The standard InChI is InChI=1S/C11H9N5O4/c1-5-7(14-4-12-2)10(19)16(9(5)18)6-3-13-11(20)15-8(6)17/h3-4H,1H2,2H3,(H2,13,15,17,20)/b12-4-,14-7+. The summed E-state index contributed by atoms with van der Waals surface area (Å²) in [5.74, 6) is -1.59. The summed E-state index contributed by atoms with van der Waals surface area (Å²) in [5, 5.41) is 0. The lowest BCUT2D eigenvalue weighted by molar-refractivity contribution is -0.119. The van der Waals surface area contributed by atoms with E-state index in [1.54, 1.807) is 0 Å². The molecular weight excluding hydrogens is 266 g/mol. The molecule has 0 saturated carbocycles. The van der Waals surface area contributed by atoms with E-state index in [9.17, 15) is 19.2 Å². The second-order valence-corrected chi connectivity index (χ2v) is 3.73. The number of imide groups is 1. The third-order valence-electron chi connectivity index (χ3n) is 2.50. The summed E-state index contributed by atoms with van der Waals surface area (Å²) in [6.45, 7) is 3.45. The van der Waals surface area contributed by atoms with Gasteiger partial charge in [-0.15, -0.1) is 0 Å². The number of nitrogens with zero attached hydrogens (tertiary/aromatic N) is 3. The molecule has 2 N–H and O–H groups in total. The molecule has 102 valence electrons. The van der Waals surface area contributed by atoms with Crippen LogP contribution in [0.2, 0.25) is 0 Å². The molecule has 1 saturated heterocycles. The van der Waals surface area contributed by atoms with E-state index in [4.69, 9.17) is 0 Å². The number of carbonyl (C=O) groups is 2. The first kappa shape index (κ1) is 13.3. The maximum absolute atomic E-state index is 12.1. The first-order valence-corrected chi connectivity index (χ1v) is 5.36. The summed E-state index contributed by atoms with van der Waals surface area (Å²) in [7, 11) is 1.44. The van der Waals surface area contributed by atoms with Crippen molar-refractivity contribution < 1.29 is 9.59 Å². The zero-order chi connectivity index (χ0) is 14.9. The van der Waals surface area contributed by atoms with Crippen LogP contribution in [-0.4, -0.2) is 40.9 Å². The first-order chi connectivity index (χ1) is 9.47. The number of nitrogens with one attached hydrogen (secondary N) is 2. The smallest absolute Gasteiger partial charge is 0.312 e. The van der Waals surface area contributed by atoms with Crippen molar-refractivity contribution in [3.05, 3.63) is 39.2 Å². The minimum Gasteiger partial charge on any atom is -0.312 e. The Balaban J connectivity index is 2.56. The molecule has 0 aliphatic carbocycles. The molecule has 1 aliphatic rings. The van der Waals surface area contributed by atoms with Crippen molar-refractivity contribution in [2.75, 3.05) is 11.9 Å². The highest BCUT2D eigenvalue weighted by Crippen LogP contribution is 2.19. The van der Waals surface area contributed by atoms with Crippen LogP contribution in [0, 0.1) is 0 Å². The predicted octanol–water partition coefficient (Wildman–Crippen LogP) is -1.41. The van der Waals surface area contributed by atoms with E-state index in [2.05, 4.69) is 21.5 Å². The Hall–Kier alpha value is -3.10. The average Bonchev–Trinajstić information content (AvgIpc) is 2.60. The Kier molecular flexibility index (Phi) is 3.25. The van der Waals surface area contributed by atoms with Crippen LogP contribution in [0.5, 0.6) is 0 Å². The lowest BCUT2D eigenvalue weighted by atomic mass is 10.2. The van der Waals surface area contributed by atoms with Gasteiger partial charge in [0.05, 0.1) is 5.57 Å². The number of aromatic amines is 2. The maximum atomic E-state index is 12.1. The number of hydrogen-bond donors (Lipinski definition) is 2. The third-order valence-corrected chi connectivity index (χ3v) is 2.50. The number of hydrogen-bond acceptors (Lipinski definition) is 5. The monoisotopic (exact) mass is 275 g/mol. The highest BCUT2D eigenvalue weighted by molar-refractivity contribution is 6.65. The molecule has 2 heterocycles. The number of aromatic nitrogens is 2. The second kappa shape index (κ2) is 4.88. The molecule has 9 heteroatoms. The summed E-state index contributed by atoms with van der Waals surface area (Å²) in [5.41, 5.74) is -2.27. The van der Waals surface area contributed by atoms with E-state index in [-0.39, 0.29) is 17.0 Å². The molecule has 1 aromatic rings. The number of H-pyrrole nitrogens is 2. The summed E-state index contributed by atoms with van der Waals surface area (Å²) >= 11 is 0. The molecule has 1 aliphatic heterocycles. The van der Waals surface area contributed by atoms with Gasteiger partial charge in [0.2, 0.25) is 0 Å². The van der Waals surface area contributed by atoms with Crippen LogP contribution in [0.15, 0.2) is 37.9 Å². The molecule has 1 fully saturated rings. The lowest BCUT2D eigenvalue weighted by Crippen LogP contribution is -2.37. The summed E-state index contributed by atoms with van der Waals surface area (Å²) in [6, 6.07) is 0. The van der Waals surface area contributed by atoms with Crippen molar-refractivity contribution in [1.82, 2.24) is 9.97 Å². The quantitative estimate of drug-likeness (QED) is 0.297. The van der Waals surface area contributed by atoms with Crippen molar-refractivity contribution in [3.63, 3.8) is 0 Å². The number of carbonyl (C=O) groups excluding carboxylic acids is 2. The van der Waals surface area contributed by atoms with Gasteiger partial charge in [0.15, 0.2) is 0 Å². The first-order valence-electron chi connectivity index (χ1n) is 5.36. The molecule has 2 amide bonds. The largest absolute Gasteiger partial charge is 0.325 e. The van der Waals surface area contributed by atoms with Crippen LogP contribution in [0.1, 0.15) is 0 Å². The van der Waals surface area contributed by atoms with Crippen LogP contribution in [0.4, 0.5) is 5.69 Å². The van der Waals surface area contributed by atoms with Crippen molar-refractivity contribution in [2.45, 2.75) is 0 Å². The van der Waals surface area contributed by atoms with Gasteiger partial charge in [-0.3, -0.25) is 24.4 Å². The fourth-order valence-corrected chi connectivity index (χ4v) is 1.60. The van der Waals surface area contributed by atoms with Gasteiger partial charge in [0, 0.05) is 13.2 Å². The summed E-state index contributed by atoms with van der Waals surface area (Å²) < 4.78 is 0. The number of anilines is 1. The third kappa shape index (κ3) is 2.00. The zero-order valence-electron chi connectivity index (χ0n) is 10.3. The minimum atomic E-state index is -0.867. The van der Waals surface area contributed by atoms with Gasteiger partial charge < -0.3 is 4.98 Å². The Labute approximate surface area is 111 Å². The number of rotatable bonds is 2. The normalized spacial score (nSPS) is 17.8. The molecule has 2 rings (SSSR count). The van der Waals surface area contributed by atoms with Crippen molar-refractivity contribution in [1.29, 1.82) is 0 Å². The van der Waals surface area contributed by atoms with Gasteiger partial charge in [0.1, 0.15) is 17.7 Å². The van der Waals surface area contributed by atoms with E-state index >= 15 is 0 Å². The molecular formula is C11H9N5O4. The van der Waals surface area contributed by atoms with Gasteiger partial charge in [0.25, 0.3) is 17.4 Å². The van der Waals surface area contributed by atoms with E-state index in [1.165, 1.54) is 7.05 Å². The fraction of sp³-hybridized carbons (Fsp3) is 0.0909. The minimum absolute atomic E-state index is 0.152.